The number of nitrogens with one attached hydrogen (secondary N) is 1. The first-order valence-electron chi connectivity index (χ1n) is 11.4. The van der Waals surface area contributed by atoms with Crippen molar-refractivity contribution in [2.24, 2.45) is 0 Å². The molecule has 3 rings (SSSR count). The smallest absolute Gasteiger partial charge is 0.244 e. The number of amides is 2. The average Bonchev–Trinajstić information content (AvgIpc) is 2.85. The molecule has 0 aliphatic heterocycles. The summed E-state index contributed by atoms with van der Waals surface area (Å²) in [5.41, 5.74) is 2.51. The molecular formula is C27H30FN3O4S. The van der Waals surface area contributed by atoms with Crippen molar-refractivity contribution < 1.29 is 22.4 Å². The predicted octanol–water partition coefficient (Wildman–Crippen LogP) is 3.29. The minimum absolute atomic E-state index is 0.00456. The van der Waals surface area contributed by atoms with Gasteiger partial charge in [0.1, 0.15) is 18.4 Å². The zero-order valence-corrected chi connectivity index (χ0v) is 21.3. The fourth-order valence-electron chi connectivity index (χ4n) is 3.95. The lowest BCUT2D eigenvalue weighted by atomic mass is 10.0. The van der Waals surface area contributed by atoms with Gasteiger partial charge in [-0.15, -0.1) is 0 Å². The summed E-state index contributed by atoms with van der Waals surface area (Å²) in [6, 6.07) is 20.8. The maximum absolute atomic E-state index is 13.8. The van der Waals surface area contributed by atoms with Gasteiger partial charge in [0.05, 0.1) is 11.9 Å². The summed E-state index contributed by atoms with van der Waals surface area (Å²) in [6.07, 6.45) is 1.26. The van der Waals surface area contributed by atoms with E-state index < -0.39 is 40.2 Å². The van der Waals surface area contributed by atoms with E-state index in [1.165, 1.54) is 36.2 Å². The fraction of sp³-hybridized carbons (Fsp3) is 0.259. The highest BCUT2D eigenvalue weighted by Crippen LogP contribution is 2.23. The third kappa shape index (κ3) is 6.91. The van der Waals surface area contributed by atoms with Gasteiger partial charge in [-0.2, -0.15) is 0 Å². The number of sulfonamides is 1. The Morgan fingerprint density at radius 1 is 0.917 bits per heavy atom. The first-order valence-corrected chi connectivity index (χ1v) is 13.3. The first kappa shape index (κ1) is 26.9. The largest absolute Gasteiger partial charge is 0.357 e. The van der Waals surface area contributed by atoms with Gasteiger partial charge in [0.2, 0.25) is 21.8 Å². The van der Waals surface area contributed by atoms with E-state index in [2.05, 4.69) is 5.32 Å². The van der Waals surface area contributed by atoms with Crippen molar-refractivity contribution in [3.8, 4) is 0 Å². The molecule has 3 aromatic carbocycles. The summed E-state index contributed by atoms with van der Waals surface area (Å²) in [5, 5.41) is 2.62. The van der Waals surface area contributed by atoms with Crippen molar-refractivity contribution in [2.75, 3.05) is 24.2 Å². The Balaban J connectivity index is 2.03. The number of nitrogens with zero attached hydrogens (tertiary/aromatic N) is 2. The number of carbonyl (C=O) groups is 2. The second kappa shape index (κ2) is 11.8. The van der Waals surface area contributed by atoms with E-state index in [0.29, 0.717) is 16.8 Å². The second-order valence-electron chi connectivity index (χ2n) is 8.52. The second-order valence-corrected chi connectivity index (χ2v) is 10.4. The quantitative estimate of drug-likeness (QED) is 0.453. The molecule has 36 heavy (non-hydrogen) atoms. The maximum Gasteiger partial charge on any atom is 0.244 e. The highest BCUT2D eigenvalue weighted by Gasteiger charge is 2.32. The van der Waals surface area contributed by atoms with Gasteiger partial charge in [0, 0.05) is 20.0 Å². The predicted molar refractivity (Wildman–Crippen MR) is 138 cm³/mol. The number of carbonyl (C=O) groups excluding carboxylic acids is 2. The van der Waals surface area contributed by atoms with Gasteiger partial charge in [-0.3, -0.25) is 13.9 Å². The van der Waals surface area contributed by atoms with Crippen molar-refractivity contribution in [3.63, 3.8) is 0 Å². The summed E-state index contributed by atoms with van der Waals surface area (Å²) in [6.45, 7) is 1.26. The number of anilines is 1. The van der Waals surface area contributed by atoms with Crippen LogP contribution in [0.5, 0.6) is 0 Å². The highest BCUT2D eigenvalue weighted by atomic mass is 32.2. The molecule has 7 nitrogen and oxygen atoms in total. The van der Waals surface area contributed by atoms with E-state index >= 15 is 0 Å². The van der Waals surface area contributed by atoms with Crippen molar-refractivity contribution in [2.45, 2.75) is 25.9 Å². The Bertz CT molecular complexity index is 1300. The van der Waals surface area contributed by atoms with Gasteiger partial charge in [-0.1, -0.05) is 60.7 Å². The van der Waals surface area contributed by atoms with Crippen LogP contribution in [0.4, 0.5) is 10.1 Å². The number of hydrogen-bond acceptors (Lipinski definition) is 4. The van der Waals surface area contributed by atoms with Crippen LogP contribution < -0.4 is 9.62 Å². The zero-order valence-electron chi connectivity index (χ0n) is 20.5. The van der Waals surface area contributed by atoms with E-state index in [4.69, 9.17) is 0 Å². The number of benzene rings is 3. The van der Waals surface area contributed by atoms with Gasteiger partial charge in [0.25, 0.3) is 0 Å². The molecule has 0 bridgehead atoms. The molecule has 9 heteroatoms. The van der Waals surface area contributed by atoms with E-state index in [0.717, 1.165) is 16.1 Å². The molecule has 0 heterocycles. The third-order valence-corrected chi connectivity index (χ3v) is 6.97. The standard InChI is InChI=1S/C27H30FN3O4S/c1-20-9-7-8-12-24(20)31(36(3,34)35)19-26(32)30(18-22-13-15-23(28)16-14-22)25(27(33)29-2)17-21-10-5-4-6-11-21/h4-16,25H,17-19H2,1-3H3,(H,29,33)/t25-/m1/s1. The van der Waals surface area contributed by atoms with Crippen molar-refractivity contribution in [1.82, 2.24) is 10.2 Å². The molecule has 3 aromatic rings. The number of hydrogen-bond donors (Lipinski definition) is 1. The SMILES string of the molecule is CNC(=O)[C@@H](Cc1ccccc1)N(Cc1ccc(F)cc1)C(=O)CN(c1ccccc1C)S(C)(=O)=O. The Hall–Kier alpha value is -3.72. The van der Waals surface area contributed by atoms with Crippen molar-refractivity contribution in [1.29, 1.82) is 0 Å². The highest BCUT2D eigenvalue weighted by molar-refractivity contribution is 7.92. The van der Waals surface area contributed by atoms with Crippen LogP contribution in [0.3, 0.4) is 0 Å². The van der Waals surface area contributed by atoms with E-state index in [9.17, 15) is 22.4 Å². The Kier molecular flexibility index (Phi) is 8.82. The summed E-state index contributed by atoms with van der Waals surface area (Å²) in [4.78, 5) is 28.1. The Morgan fingerprint density at radius 3 is 2.11 bits per heavy atom. The third-order valence-electron chi connectivity index (χ3n) is 5.85. The van der Waals surface area contributed by atoms with Crippen LogP contribution in [0.15, 0.2) is 78.9 Å². The minimum Gasteiger partial charge on any atom is -0.357 e. The molecule has 0 saturated heterocycles. The van der Waals surface area contributed by atoms with Crippen LogP contribution in [0, 0.1) is 12.7 Å². The summed E-state index contributed by atoms with van der Waals surface area (Å²) < 4.78 is 40.0. The Morgan fingerprint density at radius 2 is 1.53 bits per heavy atom. The fourth-order valence-corrected chi connectivity index (χ4v) is 4.85. The molecule has 0 aliphatic rings. The maximum atomic E-state index is 13.8. The number of para-hydroxylation sites is 1. The van der Waals surface area contributed by atoms with E-state index in [1.807, 2.05) is 30.3 Å². The average molecular weight is 512 g/mol. The number of aryl methyl sites for hydroxylation is 1. The molecule has 0 fully saturated rings. The molecule has 1 N–H and O–H groups in total. The lowest BCUT2D eigenvalue weighted by molar-refractivity contribution is -0.139. The lowest BCUT2D eigenvalue weighted by Gasteiger charge is -2.33. The van der Waals surface area contributed by atoms with Crippen LogP contribution in [0.2, 0.25) is 0 Å². The molecule has 0 unspecified atom stereocenters. The number of halogens is 1. The van der Waals surface area contributed by atoms with Crippen LogP contribution in [-0.4, -0.2) is 51.0 Å². The topological polar surface area (TPSA) is 86.8 Å². The summed E-state index contributed by atoms with van der Waals surface area (Å²) >= 11 is 0. The van der Waals surface area contributed by atoms with Crippen LogP contribution in [0.25, 0.3) is 0 Å². The molecule has 2 amide bonds. The lowest BCUT2D eigenvalue weighted by Crippen LogP contribution is -2.53. The van der Waals surface area contributed by atoms with Gasteiger partial charge in [-0.05, 0) is 41.8 Å². The molecule has 0 spiro atoms. The zero-order chi connectivity index (χ0) is 26.3. The van der Waals surface area contributed by atoms with E-state index in [-0.39, 0.29) is 13.0 Å². The van der Waals surface area contributed by atoms with Crippen molar-refractivity contribution >= 4 is 27.5 Å². The van der Waals surface area contributed by atoms with E-state index in [1.54, 1.807) is 31.2 Å². The molecule has 0 aromatic heterocycles. The van der Waals surface area contributed by atoms with Crippen LogP contribution in [-0.2, 0) is 32.6 Å². The molecule has 0 radical (unpaired) electrons. The Labute approximate surface area is 211 Å². The molecule has 0 saturated carbocycles. The van der Waals surface area contributed by atoms with Gasteiger partial charge >= 0.3 is 0 Å². The van der Waals surface area contributed by atoms with Crippen molar-refractivity contribution in [3.05, 3.63) is 101 Å². The number of rotatable bonds is 10. The molecule has 1 atom stereocenters. The summed E-state index contributed by atoms with van der Waals surface area (Å²) in [7, 11) is -2.34. The monoisotopic (exact) mass is 511 g/mol. The first-order chi connectivity index (χ1) is 17.1. The molecule has 190 valence electrons. The number of likely N-dealkylation sites (N-methyl/N-ethyl adjacent to an activating group) is 1. The molecular weight excluding hydrogens is 481 g/mol. The minimum atomic E-state index is -3.82. The van der Waals surface area contributed by atoms with Gasteiger partial charge in [-0.25, -0.2) is 12.8 Å². The summed E-state index contributed by atoms with van der Waals surface area (Å²) in [5.74, 6) is -1.37. The normalized spacial score (nSPS) is 12.0. The van der Waals surface area contributed by atoms with Crippen LogP contribution >= 0.6 is 0 Å². The van der Waals surface area contributed by atoms with Gasteiger partial charge < -0.3 is 10.2 Å². The molecule has 0 aliphatic carbocycles. The van der Waals surface area contributed by atoms with Gasteiger partial charge in [0.15, 0.2) is 0 Å². The van der Waals surface area contributed by atoms with Crippen LogP contribution in [0.1, 0.15) is 16.7 Å².